The van der Waals surface area contributed by atoms with Crippen molar-refractivity contribution in [3.8, 4) is 11.4 Å². The number of rotatable bonds is 2. The standard InChI is InChI=1S/C16H10F3N3O5/c17-9-3-7(22-6-11(14(20)24)26-15(22)25)4-10-13(9)21-2-1-8(23)5-12(21)16(18,19)27-10/h1-5,11H,6H2,(H2,20,24)/t11-/m1/s1. The molecule has 11 heteroatoms. The summed E-state index contributed by atoms with van der Waals surface area (Å²) in [6.45, 7) is -0.300. The maximum atomic E-state index is 14.7. The van der Waals surface area contributed by atoms with Gasteiger partial charge >= 0.3 is 12.2 Å². The van der Waals surface area contributed by atoms with Crippen LogP contribution in [0.1, 0.15) is 5.69 Å². The Hall–Kier alpha value is -3.50. The van der Waals surface area contributed by atoms with Gasteiger partial charge in [0, 0.05) is 30.5 Å². The molecular formula is C16H10F3N3O5. The number of carbonyl (C=O) groups is 2. The van der Waals surface area contributed by atoms with Gasteiger partial charge in [0.05, 0.1) is 12.2 Å². The molecule has 3 heterocycles. The number of anilines is 1. The van der Waals surface area contributed by atoms with E-state index in [1.165, 1.54) is 0 Å². The van der Waals surface area contributed by atoms with E-state index in [4.69, 9.17) is 10.5 Å². The van der Waals surface area contributed by atoms with E-state index in [0.29, 0.717) is 6.07 Å². The number of nitrogens with zero attached hydrogens (tertiary/aromatic N) is 2. The fourth-order valence-corrected chi connectivity index (χ4v) is 2.94. The third kappa shape index (κ3) is 2.58. The molecule has 0 aliphatic carbocycles. The molecule has 0 spiro atoms. The number of primary amides is 1. The van der Waals surface area contributed by atoms with Crippen LogP contribution in [0.2, 0.25) is 0 Å². The number of aromatic nitrogens is 1. The van der Waals surface area contributed by atoms with E-state index in [2.05, 4.69) is 4.74 Å². The second-order valence-electron chi connectivity index (χ2n) is 5.90. The minimum Gasteiger partial charge on any atom is -0.434 e. The highest BCUT2D eigenvalue weighted by Gasteiger charge is 2.44. The summed E-state index contributed by atoms with van der Waals surface area (Å²) < 4.78 is 53.4. The molecular weight excluding hydrogens is 371 g/mol. The van der Waals surface area contributed by atoms with E-state index in [-0.39, 0.29) is 17.9 Å². The van der Waals surface area contributed by atoms with Crippen LogP contribution < -0.4 is 20.8 Å². The molecule has 0 saturated carbocycles. The number of halogens is 3. The zero-order valence-corrected chi connectivity index (χ0v) is 13.3. The van der Waals surface area contributed by atoms with Gasteiger partial charge in [-0.15, -0.1) is 0 Å². The van der Waals surface area contributed by atoms with Gasteiger partial charge in [-0.05, 0) is 0 Å². The Kier molecular flexibility index (Phi) is 3.45. The second-order valence-corrected chi connectivity index (χ2v) is 5.90. The van der Waals surface area contributed by atoms with Crippen molar-refractivity contribution in [3.05, 3.63) is 52.2 Å². The Labute approximate surface area is 148 Å². The van der Waals surface area contributed by atoms with Crippen LogP contribution in [0.3, 0.4) is 0 Å². The van der Waals surface area contributed by atoms with Crippen LogP contribution in [0.4, 0.5) is 23.7 Å². The zero-order chi connectivity index (χ0) is 19.5. The predicted octanol–water partition coefficient (Wildman–Crippen LogP) is 1.23. The number of benzene rings is 1. The van der Waals surface area contributed by atoms with Crippen molar-refractivity contribution in [2.45, 2.75) is 12.2 Å². The van der Waals surface area contributed by atoms with Gasteiger partial charge in [0.2, 0.25) is 0 Å². The lowest BCUT2D eigenvalue weighted by molar-refractivity contribution is -0.194. The lowest BCUT2D eigenvalue weighted by atomic mass is 10.1. The summed E-state index contributed by atoms with van der Waals surface area (Å²) in [6.07, 6.45) is -5.13. The third-order valence-corrected chi connectivity index (χ3v) is 4.16. The fraction of sp³-hybridized carbons (Fsp3) is 0.188. The number of fused-ring (bicyclic) bond motifs is 3. The number of hydrogen-bond acceptors (Lipinski definition) is 5. The summed E-state index contributed by atoms with van der Waals surface area (Å²) in [5, 5.41) is 0. The van der Waals surface area contributed by atoms with E-state index in [0.717, 1.165) is 33.9 Å². The summed E-state index contributed by atoms with van der Waals surface area (Å²) >= 11 is 0. The molecule has 8 nitrogen and oxygen atoms in total. The van der Waals surface area contributed by atoms with Gasteiger partial charge in [-0.25, -0.2) is 9.18 Å². The highest BCUT2D eigenvalue weighted by Crippen LogP contribution is 2.43. The number of nitrogens with two attached hydrogens (primary N) is 1. The molecule has 2 aliphatic heterocycles. The maximum Gasteiger partial charge on any atom is 0.442 e. The first kappa shape index (κ1) is 16.9. The van der Waals surface area contributed by atoms with Crippen LogP contribution in [0.5, 0.6) is 5.75 Å². The topological polar surface area (TPSA) is 104 Å². The Morgan fingerprint density at radius 1 is 1.26 bits per heavy atom. The van der Waals surface area contributed by atoms with Gasteiger partial charge in [-0.2, -0.15) is 8.78 Å². The Balaban J connectivity index is 1.83. The Morgan fingerprint density at radius 3 is 2.67 bits per heavy atom. The van der Waals surface area contributed by atoms with E-state index in [1.807, 2.05) is 0 Å². The molecule has 1 saturated heterocycles. The van der Waals surface area contributed by atoms with Crippen LogP contribution in [-0.2, 0) is 15.6 Å². The van der Waals surface area contributed by atoms with Crippen LogP contribution in [0, 0.1) is 5.82 Å². The predicted molar refractivity (Wildman–Crippen MR) is 83.3 cm³/mol. The first-order chi connectivity index (χ1) is 12.7. The molecule has 1 atom stereocenters. The summed E-state index contributed by atoms with van der Waals surface area (Å²) in [7, 11) is 0. The number of pyridine rings is 1. The molecule has 1 aromatic carbocycles. The summed E-state index contributed by atoms with van der Waals surface area (Å²) in [5.41, 5.74) is 3.05. The highest BCUT2D eigenvalue weighted by atomic mass is 19.3. The van der Waals surface area contributed by atoms with Crippen LogP contribution >= 0.6 is 0 Å². The number of carbonyl (C=O) groups excluding carboxylic acids is 2. The molecule has 140 valence electrons. The summed E-state index contributed by atoms with van der Waals surface area (Å²) in [5.74, 6) is -2.44. The van der Waals surface area contributed by atoms with E-state index < -0.39 is 46.9 Å². The first-order valence-corrected chi connectivity index (χ1v) is 7.59. The average Bonchev–Trinajstić information content (AvgIpc) is 2.96. The van der Waals surface area contributed by atoms with Crippen molar-refractivity contribution >= 4 is 17.7 Å². The zero-order valence-electron chi connectivity index (χ0n) is 13.3. The van der Waals surface area contributed by atoms with E-state index in [9.17, 15) is 27.6 Å². The van der Waals surface area contributed by atoms with Gasteiger partial charge in [-0.3, -0.25) is 14.5 Å². The van der Waals surface area contributed by atoms with Gasteiger partial charge < -0.3 is 19.8 Å². The summed E-state index contributed by atoms with van der Waals surface area (Å²) in [4.78, 5) is 35.3. The quantitative estimate of drug-likeness (QED) is 0.843. The highest BCUT2D eigenvalue weighted by molar-refractivity contribution is 5.95. The average molecular weight is 381 g/mol. The number of alkyl halides is 2. The number of cyclic esters (lactones) is 1. The lowest BCUT2D eigenvalue weighted by Crippen LogP contribution is -2.34. The molecule has 0 radical (unpaired) electrons. The molecule has 0 unspecified atom stereocenters. The van der Waals surface area contributed by atoms with Crippen molar-refractivity contribution in [2.24, 2.45) is 5.73 Å². The summed E-state index contributed by atoms with van der Waals surface area (Å²) in [6, 6.07) is 3.55. The normalized spacial score (nSPS) is 19.7. The second kappa shape index (κ2) is 5.50. The molecule has 1 fully saturated rings. The molecule has 2 N–H and O–H groups in total. The Morgan fingerprint density at radius 2 is 2.00 bits per heavy atom. The minimum absolute atomic E-state index is 0.153. The van der Waals surface area contributed by atoms with Crippen LogP contribution in [-0.4, -0.2) is 29.2 Å². The third-order valence-electron chi connectivity index (χ3n) is 4.16. The van der Waals surface area contributed by atoms with Crippen LogP contribution in [0.15, 0.2) is 35.3 Å². The van der Waals surface area contributed by atoms with Crippen molar-refractivity contribution in [1.29, 1.82) is 0 Å². The molecule has 4 rings (SSSR count). The lowest BCUT2D eigenvalue weighted by Gasteiger charge is -2.30. The molecule has 1 aromatic heterocycles. The van der Waals surface area contributed by atoms with Gasteiger partial charge in [0.25, 0.3) is 5.91 Å². The molecule has 2 aliphatic rings. The van der Waals surface area contributed by atoms with Crippen molar-refractivity contribution in [3.63, 3.8) is 0 Å². The van der Waals surface area contributed by atoms with Gasteiger partial charge in [-0.1, -0.05) is 0 Å². The maximum absolute atomic E-state index is 14.7. The number of ether oxygens (including phenoxy) is 2. The largest absolute Gasteiger partial charge is 0.442 e. The number of hydrogen-bond donors (Lipinski definition) is 1. The Bertz CT molecular complexity index is 1050. The van der Waals surface area contributed by atoms with Gasteiger partial charge in [0.1, 0.15) is 11.4 Å². The van der Waals surface area contributed by atoms with Crippen LogP contribution in [0.25, 0.3) is 5.69 Å². The van der Waals surface area contributed by atoms with Gasteiger partial charge in [0.15, 0.2) is 23.1 Å². The van der Waals surface area contributed by atoms with E-state index in [1.54, 1.807) is 0 Å². The molecule has 2 amide bonds. The van der Waals surface area contributed by atoms with E-state index >= 15 is 0 Å². The minimum atomic E-state index is -3.90. The molecule has 0 bridgehead atoms. The molecule has 27 heavy (non-hydrogen) atoms. The fourth-order valence-electron chi connectivity index (χ4n) is 2.94. The SMILES string of the molecule is NC(=O)[C@H]1CN(c2cc(F)c3c(c2)OC(F)(F)c2cc(=O)ccn2-3)C(=O)O1. The monoisotopic (exact) mass is 381 g/mol. The smallest absolute Gasteiger partial charge is 0.434 e. The van der Waals surface area contributed by atoms with Crippen molar-refractivity contribution < 1.29 is 32.2 Å². The molecule has 2 aromatic rings. The van der Waals surface area contributed by atoms with Crippen molar-refractivity contribution in [2.75, 3.05) is 11.4 Å². The van der Waals surface area contributed by atoms with Crippen molar-refractivity contribution in [1.82, 2.24) is 4.57 Å². The number of amides is 2. The first-order valence-electron chi connectivity index (χ1n) is 7.59.